The fourth-order valence-corrected chi connectivity index (χ4v) is 1.99. The summed E-state index contributed by atoms with van der Waals surface area (Å²) in [4.78, 5) is 12.2. The summed E-state index contributed by atoms with van der Waals surface area (Å²) in [6.07, 6.45) is -4.60. The molecule has 5 heteroatoms. The maximum absolute atomic E-state index is 12.7. The lowest BCUT2D eigenvalue weighted by Crippen LogP contribution is -2.10. The molecule has 0 aromatic heterocycles. The molecule has 0 unspecified atom stereocenters. The summed E-state index contributed by atoms with van der Waals surface area (Å²) in [7, 11) is 0. The van der Waals surface area contributed by atoms with Crippen LogP contribution in [0.3, 0.4) is 0 Å². The summed E-state index contributed by atoms with van der Waals surface area (Å²) < 4.78 is 43.2. The van der Waals surface area contributed by atoms with Crippen LogP contribution in [0.5, 0.6) is 0 Å². The van der Waals surface area contributed by atoms with Crippen molar-refractivity contribution in [1.82, 2.24) is 0 Å². The Morgan fingerprint density at radius 3 is 2.17 bits per heavy atom. The van der Waals surface area contributed by atoms with E-state index in [1.54, 1.807) is 37.3 Å². The van der Waals surface area contributed by atoms with Crippen LogP contribution in [0.25, 0.3) is 5.76 Å². The summed E-state index contributed by atoms with van der Waals surface area (Å²) in [5.41, 5.74) is 1.95. The highest BCUT2D eigenvalue weighted by molar-refractivity contribution is 5.94. The molecule has 0 aliphatic heterocycles. The van der Waals surface area contributed by atoms with Crippen LogP contribution >= 0.6 is 0 Å². The average molecular weight is 320 g/mol. The van der Waals surface area contributed by atoms with Crippen molar-refractivity contribution < 1.29 is 22.7 Å². The van der Waals surface area contributed by atoms with Gasteiger partial charge in [0.1, 0.15) is 5.76 Å². The lowest BCUT2D eigenvalue weighted by Gasteiger charge is -2.12. The van der Waals surface area contributed by atoms with E-state index in [1.807, 2.05) is 6.92 Å². The van der Waals surface area contributed by atoms with E-state index in [0.717, 1.165) is 5.56 Å². The molecule has 23 heavy (non-hydrogen) atoms. The molecule has 2 nitrogen and oxygen atoms in total. The van der Waals surface area contributed by atoms with Crippen LogP contribution in [0.1, 0.15) is 27.0 Å². The Bertz CT molecular complexity index is 729. The first-order valence-corrected chi connectivity index (χ1v) is 6.91. The van der Waals surface area contributed by atoms with E-state index in [9.17, 15) is 18.0 Å². The highest BCUT2D eigenvalue weighted by atomic mass is 19.4. The molecule has 120 valence electrons. The summed E-state index contributed by atoms with van der Waals surface area (Å²) >= 11 is 0. The van der Waals surface area contributed by atoms with E-state index >= 15 is 0 Å². The Morgan fingerprint density at radius 2 is 1.61 bits per heavy atom. The molecule has 0 saturated carbocycles. The minimum atomic E-state index is -4.59. The number of carbonyl (C=O) groups is 1. The number of allylic oxidation sites excluding steroid dienone is 1. The molecule has 0 atom stereocenters. The van der Waals surface area contributed by atoms with Crippen molar-refractivity contribution in [2.45, 2.75) is 20.0 Å². The first-order valence-electron chi connectivity index (χ1n) is 6.91. The van der Waals surface area contributed by atoms with Crippen LogP contribution in [-0.4, -0.2) is 12.1 Å². The van der Waals surface area contributed by atoms with Gasteiger partial charge < -0.3 is 4.74 Å². The molecule has 0 aliphatic rings. The van der Waals surface area contributed by atoms with E-state index < -0.39 is 17.9 Å². The molecule has 0 aliphatic carbocycles. The number of rotatable bonds is 3. The molecule has 0 spiro atoms. The predicted octanol–water partition coefficient (Wildman–Crippen LogP) is 5.06. The van der Waals surface area contributed by atoms with Crippen LogP contribution in [0, 0.1) is 13.8 Å². The lowest BCUT2D eigenvalue weighted by atomic mass is 10.1. The van der Waals surface area contributed by atoms with Crippen LogP contribution < -0.4 is 0 Å². The number of hydrogen-bond acceptors (Lipinski definition) is 2. The fourth-order valence-electron chi connectivity index (χ4n) is 1.99. The highest BCUT2D eigenvalue weighted by Crippen LogP contribution is 2.26. The second-order valence-corrected chi connectivity index (χ2v) is 5.12. The third-order valence-corrected chi connectivity index (χ3v) is 3.20. The van der Waals surface area contributed by atoms with Gasteiger partial charge in [-0.05, 0) is 25.5 Å². The summed E-state index contributed by atoms with van der Waals surface area (Å²) in [6.45, 7) is 3.51. The third kappa shape index (κ3) is 4.71. The normalized spacial score (nSPS) is 12.1. The maximum Gasteiger partial charge on any atom is 0.413 e. The van der Waals surface area contributed by atoms with Gasteiger partial charge in [-0.15, -0.1) is 0 Å². The van der Waals surface area contributed by atoms with E-state index in [1.165, 1.54) is 18.2 Å². The molecular formula is C18H15F3O2. The van der Waals surface area contributed by atoms with E-state index in [2.05, 4.69) is 0 Å². The van der Waals surface area contributed by atoms with Crippen molar-refractivity contribution in [3.63, 3.8) is 0 Å². The van der Waals surface area contributed by atoms with Gasteiger partial charge in [-0.1, -0.05) is 48.0 Å². The first kappa shape index (κ1) is 16.8. The van der Waals surface area contributed by atoms with Crippen LogP contribution in [0.4, 0.5) is 13.2 Å². The second-order valence-electron chi connectivity index (χ2n) is 5.12. The van der Waals surface area contributed by atoms with Gasteiger partial charge in [-0.2, -0.15) is 13.2 Å². The molecule has 0 radical (unpaired) electrons. The molecule has 0 bridgehead atoms. The molecule has 0 heterocycles. The molecule has 2 aromatic carbocycles. The van der Waals surface area contributed by atoms with Crippen molar-refractivity contribution in [2.75, 3.05) is 0 Å². The van der Waals surface area contributed by atoms with Crippen molar-refractivity contribution >= 4 is 11.7 Å². The molecule has 0 saturated heterocycles. The van der Waals surface area contributed by atoms with E-state index in [-0.39, 0.29) is 17.2 Å². The zero-order valence-electron chi connectivity index (χ0n) is 12.6. The molecule has 0 fully saturated rings. The number of hydrogen-bond donors (Lipinski definition) is 0. The Kier molecular flexibility index (Phi) is 4.89. The van der Waals surface area contributed by atoms with Crippen molar-refractivity contribution in [3.8, 4) is 0 Å². The number of benzene rings is 2. The van der Waals surface area contributed by atoms with Crippen LogP contribution in [-0.2, 0) is 4.74 Å². The first-order chi connectivity index (χ1) is 10.8. The Hall–Kier alpha value is -2.56. The third-order valence-electron chi connectivity index (χ3n) is 3.20. The van der Waals surface area contributed by atoms with Gasteiger partial charge in [-0.3, -0.25) is 0 Å². The van der Waals surface area contributed by atoms with Crippen molar-refractivity contribution in [2.24, 2.45) is 0 Å². The summed E-state index contributed by atoms with van der Waals surface area (Å²) in [6, 6.07) is 12.8. The smallest absolute Gasteiger partial charge is 0.413 e. The number of aryl methyl sites for hydroxylation is 2. The standard InChI is InChI=1S/C18H15F3O2/c1-12-7-9-14(10-8-12)16(11-18(19,20)21)23-17(22)15-6-4-3-5-13(15)2/h3-11H,1-2H3/b16-11+. The Morgan fingerprint density at radius 1 is 1.00 bits per heavy atom. The molecule has 0 N–H and O–H groups in total. The van der Waals surface area contributed by atoms with Crippen molar-refractivity contribution in [1.29, 1.82) is 0 Å². The summed E-state index contributed by atoms with van der Waals surface area (Å²) in [5.74, 6) is -1.34. The van der Waals surface area contributed by atoms with Crippen LogP contribution in [0.2, 0.25) is 0 Å². The molecule has 0 amide bonds. The van der Waals surface area contributed by atoms with E-state index in [4.69, 9.17) is 4.74 Å². The number of halogens is 3. The number of esters is 1. The van der Waals surface area contributed by atoms with Crippen LogP contribution in [0.15, 0.2) is 54.6 Å². The SMILES string of the molecule is Cc1ccc(/C(=C\C(F)(F)F)OC(=O)c2ccccc2C)cc1. The zero-order chi connectivity index (χ0) is 17.0. The monoisotopic (exact) mass is 320 g/mol. The topological polar surface area (TPSA) is 26.3 Å². The predicted molar refractivity (Wildman–Crippen MR) is 81.8 cm³/mol. The molecular weight excluding hydrogens is 305 g/mol. The second kappa shape index (κ2) is 6.69. The van der Waals surface area contributed by atoms with Gasteiger partial charge in [0, 0.05) is 5.56 Å². The number of ether oxygens (including phenoxy) is 1. The zero-order valence-corrected chi connectivity index (χ0v) is 12.6. The maximum atomic E-state index is 12.7. The van der Waals surface area contributed by atoms with Gasteiger partial charge >= 0.3 is 12.1 Å². The number of carbonyl (C=O) groups excluding carboxylic acids is 1. The Balaban J connectivity index is 2.36. The quantitative estimate of drug-likeness (QED) is 0.583. The van der Waals surface area contributed by atoms with Gasteiger partial charge in [0.05, 0.1) is 11.6 Å². The lowest BCUT2D eigenvalue weighted by molar-refractivity contribution is -0.0802. The number of alkyl halides is 3. The average Bonchev–Trinajstić information content (AvgIpc) is 2.46. The van der Waals surface area contributed by atoms with Gasteiger partial charge in [-0.25, -0.2) is 4.79 Å². The van der Waals surface area contributed by atoms with Crippen molar-refractivity contribution in [3.05, 3.63) is 76.9 Å². The van der Waals surface area contributed by atoms with Gasteiger partial charge in [0.2, 0.25) is 0 Å². The molecule has 2 aromatic rings. The minimum Gasteiger partial charge on any atom is -0.422 e. The largest absolute Gasteiger partial charge is 0.422 e. The highest BCUT2D eigenvalue weighted by Gasteiger charge is 2.27. The summed E-state index contributed by atoms with van der Waals surface area (Å²) in [5, 5.41) is 0. The van der Waals surface area contributed by atoms with E-state index in [0.29, 0.717) is 5.56 Å². The fraction of sp³-hybridized carbons (Fsp3) is 0.167. The molecule has 2 rings (SSSR count). The van der Waals surface area contributed by atoms with Gasteiger partial charge in [0.15, 0.2) is 0 Å². The Labute approximate surface area is 132 Å². The van der Waals surface area contributed by atoms with Gasteiger partial charge in [0.25, 0.3) is 0 Å². The minimum absolute atomic E-state index is 0.00611.